The molecule has 2 aliphatic carbocycles. The maximum atomic E-state index is 12.5. The second kappa shape index (κ2) is 17.6. The number of aromatic nitrogens is 10. The third-order valence-electron chi connectivity index (χ3n) is 13.3. The number of imidazole rings is 2. The van der Waals surface area contributed by atoms with E-state index in [0.717, 1.165) is 76.3 Å². The van der Waals surface area contributed by atoms with Crippen LogP contribution in [0.2, 0.25) is 0 Å². The van der Waals surface area contributed by atoms with Crippen molar-refractivity contribution in [3.8, 4) is 22.3 Å². The third kappa shape index (κ3) is 7.84. The first kappa shape index (κ1) is 44.7. The Hall–Kier alpha value is -7.76. The summed E-state index contributed by atoms with van der Waals surface area (Å²) in [6.45, 7) is 7.49. The zero-order chi connectivity index (χ0) is 48.3. The number of rotatable bonds is 12. The number of nitrogens with zero attached hydrogens (tertiary/aromatic N) is 8. The molecule has 2 aliphatic rings. The molecule has 352 valence electrons. The summed E-state index contributed by atoms with van der Waals surface area (Å²) >= 11 is 0. The van der Waals surface area contributed by atoms with Crippen LogP contribution in [0.15, 0.2) is 131 Å². The zero-order valence-corrected chi connectivity index (χ0v) is 39.1. The number of fused-ring (bicyclic) bond motifs is 2. The largest absolute Gasteiger partial charge is 0.373 e. The lowest BCUT2D eigenvalue weighted by Crippen LogP contribution is -2.31. The molecule has 8 N–H and O–H groups in total. The molecule has 16 nitrogen and oxygen atoms in total. The predicted molar refractivity (Wildman–Crippen MR) is 263 cm³/mol. The Morgan fingerprint density at radius 3 is 1.37 bits per heavy atom. The van der Waals surface area contributed by atoms with E-state index >= 15 is 0 Å². The Labute approximate surface area is 402 Å². The lowest BCUT2D eigenvalue weighted by atomic mass is 9.83. The van der Waals surface area contributed by atoms with E-state index in [-0.39, 0.29) is 12.1 Å². The van der Waals surface area contributed by atoms with Crippen LogP contribution in [0.25, 0.3) is 44.3 Å². The first-order chi connectivity index (χ1) is 33.9. The molecule has 16 heteroatoms. The van der Waals surface area contributed by atoms with Gasteiger partial charge in [0.05, 0.1) is 56.6 Å². The van der Waals surface area contributed by atoms with E-state index < -0.39 is 11.2 Å². The molecule has 10 aromatic rings. The molecular weight excluding hydrogens is 881 g/mol. The van der Waals surface area contributed by atoms with Gasteiger partial charge in [0.1, 0.15) is 23.1 Å². The molecule has 8 heterocycles. The number of aliphatic hydroxyl groups is 2. The highest BCUT2D eigenvalue weighted by Gasteiger charge is 2.42. The van der Waals surface area contributed by atoms with Crippen LogP contribution < -0.4 is 11.5 Å². The van der Waals surface area contributed by atoms with Crippen LogP contribution in [-0.4, -0.2) is 60.4 Å². The zero-order valence-electron chi connectivity index (χ0n) is 39.1. The minimum atomic E-state index is -1.65. The van der Waals surface area contributed by atoms with Gasteiger partial charge in [-0.15, -0.1) is 0 Å². The summed E-state index contributed by atoms with van der Waals surface area (Å²) in [7, 11) is 0. The summed E-state index contributed by atoms with van der Waals surface area (Å²) in [6, 6.07) is 29.2. The fraction of sp³-hybridized carbons (Fsp3) is 0.259. The van der Waals surface area contributed by atoms with Gasteiger partial charge in [0.2, 0.25) is 0 Å². The van der Waals surface area contributed by atoms with Gasteiger partial charge in [-0.3, -0.25) is 19.9 Å². The minimum Gasteiger partial charge on any atom is -0.373 e. The first-order valence-corrected chi connectivity index (χ1v) is 23.6. The maximum Gasteiger partial charge on any atom is 0.176 e. The number of aryl methyl sites for hydroxylation is 2. The smallest absolute Gasteiger partial charge is 0.176 e. The van der Waals surface area contributed by atoms with Crippen molar-refractivity contribution in [1.82, 2.24) is 50.2 Å². The number of H-pyrrole nitrogens is 2. The van der Waals surface area contributed by atoms with Gasteiger partial charge in [-0.2, -0.15) is 0 Å². The number of nitrogens with one attached hydrogen (secondary N) is 2. The minimum absolute atomic E-state index is 0.323. The fourth-order valence-corrected chi connectivity index (χ4v) is 9.44. The van der Waals surface area contributed by atoms with Gasteiger partial charge in [0.15, 0.2) is 17.0 Å². The van der Waals surface area contributed by atoms with Crippen molar-refractivity contribution in [2.75, 3.05) is 0 Å². The monoisotopic (exact) mass is 932 g/mol. The molecule has 12 rings (SSSR count). The second-order valence-corrected chi connectivity index (χ2v) is 18.5. The lowest BCUT2D eigenvalue weighted by Gasteiger charge is -2.28. The van der Waals surface area contributed by atoms with Crippen LogP contribution in [0.4, 0.5) is 0 Å². The van der Waals surface area contributed by atoms with E-state index in [1.807, 2.05) is 100 Å². The van der Waals surface area contributed by atoms with Crippen molar-refractivity contribution in [3.63, 3.8) is 0 Å². The summed E-state index contributed by atoms with van der Waals surface area (Å²) in [4.78, 5) is 35.1. The Kier molecular flexibility index (Phi) is 11.3. The number of pyridine rings is 4. The number of benzene rings is 2. The van der Waals surface area contributed by atoms with E-state index in [0.29, 0.717) is 74.0 Å². The summed E-state index contributed by atoms with van der Waals surface area (Å²) in [5.41, 5.74) is 19.8. The Balaban J connectivity index is 0.000000152. The third-order valence-corrected chi connectivity index (χ3v) is 13.3. The number of hydrogen-bond acceptors (Lipinski definition) is 14. The molecule has 0 unspecified atom stereocenters. The SMILES string of the molecule is Cc1noc([C@@H](C)N)c1-c1cc(C(O)(c2ccccn2)c2ccccn2)c2nc(C3CC3)[nH]c2c1.Cc1onc([C@H](C)N)c1-c1cc(C(O)(c2ccccn2)c2ccccn2)c2nc(C3CC3)[nH]c2c1. The van der Waals surface area contributed by atoms with E-state index in [2.05, 4.69) is 40.2 Å². The Morgan fingerprint density at radius 1 is 0.571 bits per heavy atom. The van der Waals surface area contributed by atoms with Crippen LogP contribution in [0.1, 0.15) is 132 Å². The Morgan fingerprint density at radius 2 is 1.00 bits per heavy atom. The quantitative estimate of drug-likeness (QED) is 0.0669. The van der Waals surface area contributed by atoms with E-state index in [1.54, 1.807) is 49.1 Å². The molecule has 8 aromatic heterocycles. The maximum absolute atomic E-state index is 12.5. The van der Waals surface area contributed by atoms with E-state index in [9.17, 15) is 10.2 Å². The van der Waals surface area contributed by atoms with Gasteiger partial charge in [-0.05, 0) is 137 Å². The molecule has 2 atom stereocenters. The average molecular weight is 933 g/mol. The predicted octanol–water partition coefficient (Wildman–Crippen LogP) is 9.00. The molecule has 0 spiro atoms. The van der Waals surface area contributed by atoms with Crippen LogP contribution in [0.3, 0.4) is 0 Å². The number of hydrogen-bond donors (Lipinski definition) is 6. The van der Waals surface area contributed by atoms with Crippen molar-refractivity contribution in [2.24, 2.45) is 11.5 Å². The number of nitrogens with two attached hydrogens (primary N) is 2. The van der Waals surface area contributed by atoms with Gasteiger partial charge in [-0.25, -0.2) is 9.97 Å². The topological polar surface area (TPSA) is 253 Å². The van der Waals surface area contributed by atoms with Gasteiger partial charge >= 0.3 is 0 Å². The van der Waals surface area contributed by atoms with Crippen molar-refractivity contribution in [3.05, 3.63) is 190 Å². The fourth-order valence-electron chi connectivity index (χ4n) is 9.44. The molecule has 0 amide bonds. The summed E-state index contributed by atoms with van der Waals surface area (Å²) in [5, 5.41) is 33.4. The normalized spacial score (nSPS) is 15.0. The van der Waals surface area contributed by atoms with Crippen molar-refractivity contribution >= 4 is 22.1 Å². The Bertz CT molecular complexity index is 3160. The summed E-state index contributed by atoms with van der Waals surface area (Å²) in [5.74, 6) is 3.93. The number of aromatic amines is 2. The van der Waals surface area contributed by atoms with Gasteiger partial charge < -0.3 is 40.7 Å². The van der Waals surface area contributed by atoms with Crippen molar-refractivity contribution < 1.29 is 19.3 Å². The standard InChI is InChI=1S/2C27H26N6O2/c1-15(28)25-23(16(2)33-35-25)18-13-19(24-20(14-18)31-26(32-24)17-9-10-17)27(34,21-7-3-5-11-29-21)22-8-4-6-12-30-22;1-15(28)24-23(16(2)35-33-24)18-13-19(25-20(14-18)31-26(32-25)17-9-10-17)27(34,21-7-3-5-11-29-21)22-8-4-6-12-30-22/h2*3-8,11-15,17,34H,9-10,28H2,1-2H3,(H,31,32)/t2*15-/m10/s1. The van der Waals surface area contributed by atoms with E-state index in [4.69, 9.17) is 30.5 Å². The molecule has 0 saturated heterocycles. The summed E-state index contributed by atoms with van der Waals surface area (Å²) < 4.78 is 11.1. The van der Waals surface area contributed by atoms with Crippen LogP contribution in [0, 0.1) is 13.8 Å². The highest BCUT2D eigenvalue weighted by atomic mass is 16.5. The average Bonchev–Trinajstić information content (AvgIpc) is 4.25. The van der Waals surface area contributed by atoms with E-state index in [1.165, 1.54) is 0 Å². The molecule has 2 fully saturated rings. The highest BCUT2D eigenvalue weighted by molar-refractivity contribution is 5.89. The van der Waals surface area contributed by atoms with Crippen LogP contribution in [-0.2, 0) is 11.2 Å². The lowest BCUT2D eigenvalue weighted by molar-refractivity contribution is 0.117. The van der Waals surface area contributed by atoms with Gasteiger partial charge in [0, 0.05) is 64.9 Å². The molecule has 2 saturated carbocycles. The first-order valence-electron chi connectivity index (χ1n) is 23.6. The van der Waals surface area contributed by atoms with Crippen LogP contribution >= 0.6 is 0 Å². The van der Waals surface area contributed by atoms with Crippen molar-refractivity contribution in [1.29, 1.82) is 0 Å². The molecule has 0 radical (unpaired) electrons. The van der Waals surface area contributed by atoms with Crippen molar-refractivity contribution in [2.45, 2.75) is 88.5 Å². The second-order valence-electron chi connectivity index (χ2n) is 18.5. The molecule has 0 aliphatic heterocycles. The highest BCUT2D eigenvalue weighted by Crippen LogP contribution is 2.47. The van der Waals surface area contributed by atoms with Crippen LogP contribution in [0.5, 0.6) is 0 Å². The van der Waals surface area contributed by atoms with Gasteiger partial charge in [-0.1, -0.05) is 34.6 Å². The summed E-state index contributed by atoms with van der Waals surface area (Å²) in [6.07, 6.45) is 11.1. The van der Waals surface area contributed by atoms with Gasteiger partial charge in [0.25, 0.3) is 0 Å². The molecule has 2 aromatic carbocycles. The molecule has 0 bridgehead atoms. The molecular formula is C54H52N12O4. The molecule has 70 heavy (non-hydrogen) atoms.